The van der Waals surface area contributed by atoms with Gasteiger partial charge in [-0.15, -0.1) is 0 Å². The summed E-state index contributed by atoms with van der Waals surface area (Å²) in [6.45, 7) is 3.64. The summed E-state index contributed by atoms with van der Waals surface area (Å²) >= 11 is 0. The van der Waals surface area contributed by atoms with Crippen LogP contribution in [0, 0.1) is 5.92 Å². The van der Waals surface area contributed by atoms with Crippen LogP contribution in [0.3, 0.4) is 0 Å². The molecule has 1 N–H and O–H groups in total. The Bertz CT molecular complexity index is 289. The average Bonchev–Trinajstić information content (AvgIpc) is 2.80. The first kappa shape index (κ1) is 13.9. The highest BCUT2D eigenvalue weighted by Gasteiger charge is 2.23. The molecule has 2 atom stereocenters. The van der Waals surface area contributed by atoms with Crippen LogP contribution in [0.1, 0.15) is 52.4 Å². The zero-order valence-electron chi connectivity index (χ0n) is 10.9. The Balaban J connectivity index is 2.09. The Morgan fingerprint density at radius 2 is 2.12 bits per heavy atom. The second-order valence-electron chi connectivity index (χ2n) is 4.96. The van der Waals surface area contributed by atoms with E-state index < -0.39 is 0 Å². The van der Waals surface area contributed by atoms with E-state index in [0.717, 1.165) is 32.1 Å². The van der Waals surface area contributed by atoms with Gasteiger partial charge in [-0.25, -0.2) is 0 Å². The lowest BCUT2D eigenvalue weighted by molar-refractivity contribution is -0.124. The standard InChI is InChI=1S/C14H23NO2/c1-11(7-4-3-5-8-12(2)16)14(17)13-9-6-10-15-13/h6,10-11,13,15H,3-5,7-9H2,1-2H3. The molecule has 0 radical (unpaired) electrons. The van der Waals surface area contributed by atoms with Crippen molar-refractivity contribution in [1.29, 1.82) is 0 Å². The summed E-state index contributed by atoms with van der Waals surface area (Å²) in [5.74, 6) is 0.710. The zero-order chi connectivity index (χ0) is 12.7. The van der Waals surface area contributed by atoms with Crippen molar-refractivity contribution >= 4 is 11.6 Å². The molecule has 3 nitrogen and oxygen atoms in total. The molecular weight excluding hydrogens is 214 g/mol. The second-order valence-corrected chi connectivity index (χ2v) is 4.96. The Morgan fingerprint density at radius 1 is 1.35 bits per heavy atom. The molecule has 0 spiro atoms. The minimum Gasteiger partial charge on any atom is -0.381 e. The Kier molecular flexibility index (Phi) is 5.95. The Hall–Kier alpha value is -1.12. The molecule has 0 aromatic carbocycles. The quantitative estimate of drug-likeness (QED) is 0.660. The Labute approximate surface area is 104 Å². The van der Waals surface area contributed by atoms with Crippen molar-refractivity contribution in [2.75, 3.05) is 0 Å². The van der Waals surface area contributed by atoms with Crippen molar-refractivity contribution in [2.24, 2.45) is 5.92 Å². The third-order valence-electron chi connectivity index (χ3n) is 3.28. The molecule has 1 aliphatic heterocycles. The van der Waals surface area contributed by atoms with Crippen molar-refractivity contribution in [2.45, 2.75) is 58.4 Å². The van der Waals surface area contributed by atoms with Gasteiger partial charge in [-0.1, -0.05) is 25.8 Å². The fraction of sp³-hybridized carbons (Fsp3) is 0.714. The fourth-order valence-electron chi connectivity index (χ4n) is 2.14. The predicted molar refractivity (Wildman–Crippen MR) is 68.6 cm³/mol. The van der Waals surface area contributed by atoms with E-state index in [0.29, 0.717) is 12.2 Å². The summed E-state index contributed by atoms with van der Waals surface area (Å²) in [4.78, 5) is 22.7. The van der Waals surface area contributed by atoms with Crippen LogP contribution in [-0.2, 0) is 9.59 Å². The molecule has 0 aromatic rings. The third kappa shape index (κ3) is 5.16. The summed E-state index contributed by atoms with van der Waals surface area (Å²) in [6.07, 6.45) is 9.36. The van der Waals surface area contributed by atoms with Gasteiger partial charge < -0.3 is 10.1 Å². The molecule has 0 amide bonds. The summed E-state index contributed by atoms with van der Waals surface area (Å²) < 4.78 is 0. The van der Waals surface area contributed by atoms with E-state index in [1.807, 2.05) is 19.2 Å². The molecule has 0 fully saturated rings. The van der Waals surface area contributed by atoms with Crippen LogP contribution in [0.25, 0.3) is 0 Å². The van der Waals surface area contributed by atoms with E-state index in [9.17, 15) is 9.59 Å². The van der Waals surface area contributed by atoms with E-state index in [2.05, 4.69) is 5.32 Å². The molecule has 96 valence electrons. The van der Waals surface area contributed by atoms with Crippen LogP contribution in [0.5, 0.6) is 0 Å². The van der Waals surface area contributed by atoms with Gasteiger partial charge in [0, 0.05) is 12.3 Å². The molecule has 2 unspecified atom stereocenters. The highest BCUT2D eigenvalue weighted by atomic mass is 16.1. The van der Waals surface area contributed by atoms with Crippen LogP contribution in [0.15, 0.2) is 12.3 Å². The summed E-state index contributed by atoms with van der Waals surface area (Å²) in [7, 11) is 0. The molecule has 17 heavy (non-hydrogen) atoms. The SMILES string of the molecule is CC(=O)CCCCCC(C)C(=O)C1CC=CN1. The summed E-state index contributed by atoms with van der Waals surface area (Å²) in [5.41, 5.74) is 0. The van der Waals surface area contributed by atoms with Crippen molar-refractivity contribution in [3.8, 4) is 0 Å². The number of hydrogen-bond donors (Lipinski definition) is 1. The molecular formula is C14H23NO2. The minimum absolute atomic E-state index is 0.00206. The molecule has 0 bridgehead atoms. The second kappa shape index (κ2) is 7.25. The van der Waals surface area contributed by atoms with Gasteiger partial charge in [0.15, 0.2) is 5.78 Å². The van der Waals surface area contributed by atoms with Crippen LogP contribution in [-0.4, -0.2) is 17.6 Å². The number of unbranched alkanes of at least 4 members (excludes halogenated alkanes) is 2. The highest BCUT2D eigenvalue weighted by Crippen LogP contribution is 2.16. The first-order valence-corrected chi connectivity index (χ1v) is 6.55. The number of hydrogen-bond acceptors (Lipinski definition) is 3. The average molecular weight is 237 g/mol. The van der Waals surface area contributed by atoms with Crippen molar-refractivity contribution < 1.29 is 9.59 Å². The molecule has 0 aliphatic carbocycles. The zero-order valence-corrected chi connectivity index (χ0v) is 10.9. The van der Waals surface area contributed by atoms with Crippen molar-refractivity contribution in [3.63, 3.8) is 0 Å². The van der Waals surface area contributed by atoms with Crippen LogP contribution >= 0.6 is 0 Å². The molecule has 0 saturated carbocycles. The van der Waals surface area contributed by atoms with E-state index in [1.54, 1.807) is 6.92 Å². The van der Waals surface area contributed by atoms with Crippen molar-refractivity contribution in [3.05, 3.63) is 12.3 Å². The number of carbonyl (C=O) groups is 2. The third-order valence-corrected chi connectivity index (χ3v) is 3.28. The van der Waals surface area contributed by atoms with Gasteiger partial charge in [-0.3, -0.25) is 4.79 Å². The van der Waals surface area contributed by atoms with E-state index in [4.69, 9.17) is 0 Å². The van der Waals surface area contributed by atoms with Crippen LogP contribution in [0.2, 0.25) is 0 Å². The molecule has 3 heteroatoms. The first-order chi connectivity index (χ1) is 8.11. The van der Waals surface area contributed by atoms with Gasteiger partial charge >= 0.3 is 0 Å². The number of nitrogens with one attached hydrogen (secondary N) is 1. The number of ketones is 2. The first-order valence-electron chi connectivity index (χ1n) is 6.55. The van der Waals surface area contributed by atoms with Gasteiger partial charge in [0.05, 0.1) is 6.04 Å². The highest BCUT2D eigenvalue weighted by molar-refractivity contribution is 5.86. The van der Waals surface area contributed by atoms with Crippen molar-refractivity contribution in [1.82, 2.24) is 5.32 Å². The summed E-state index contributed by atoms with van der Waals surface area (Å²) in [6, 6.07) is 0.00206. The molecule has 1 heterocycles. The van der Waals surface area contributed by atoms with Gasteiger partial charge in [0.2, 0.25) is 0 Å². The van der Waals surface area contributed by atoms with E-state index >= 15 is 0 Å². The van der Waals surface area contributed by atoms with Gasteiger partial charge in [-0.2, -0.15) is 0 Å². The normalized spacial score (nSPS) is 20.0. The minimum atomic E-state index is 0.00206. The topological polar surface area (TPSA) is 46.2 Å². The largest absolute Gasteiger partial charge is 0.381 e. The number of carbonyl (C=O) groups excluding carboxylic acids is 2. The molecule has 0 saturated heterocycles. The number of Topliss-reactive ketones (excluding diaryl/α,β-unsaturated/α-hetero) is 2. The van der Waals surface area contributed by atoms with Crippen LogP contribution in [0.4, 0.5) is 0 Å². The van der Waals surface area contributed by atoms with E-state index in [1.165, 1.54) is 0 Å². The smallest absolute Gasteiger partial charge is 0.158 e. The monoisotopic (exact) mass is 237 g/mol. The van der Waals surface area contributed by atoms with Gasteiger partial charge in [0.1, 0.15) is 5.78 Å². The molecule has 1 aliphatic rings. The maximum Gasteiger partial charge on any atom is 0.158 e. The predicted octanol–water partition coefficient (Wildman–Crippen LogP) is 2.61. The summed E-state index contributed by atoms with van der Waals surface area (Å²) in [5, 5.41) is 3.08. The van der Waals surface area contributed by atoms with Gasteiger partial charge in [0.25, 0.3) is 0 Å². The maximum atomic E-state index is 12.0. The molecule has 1 rings (SSSR count). The van der Waals surface area contributed by atoms with Crippen LogP contribution < -0.4 is 5.32 Å². The maximum absolute atomic E-state index is 12.0. The lowest BCUT2D eigenvalue weighted by atomic mass is 9.93. The van der Waals surface area contributed by atoms with Gasteiger partial charge in [-0.05, 0) is 32.4 Å². The lowest BCUT2D eigenvalue weighted by Gasteiger charge is -2.15. The molecule has 0 aromatic heterocycles. The van der Waals surface area contributed by atoms with E-state index in [-0.39, 0.29) is 17.7 Å². The number of rotatable bonds is 8. The Morgan fingerprint density at radius 3 is 2.71 bits per heavy atom. The lowest BCUT2D eigenvalue weighted by Crippen LogP contribution is -2.33. The fourth-order valence-corrected chi connectivity index (χ4v) is 2.14.